The lowest BCUT2D eigenvalue weighted by atomic mass is 10.1. The summed E-state index contributed by atoms with van der Waals surface area (Å²) in [6.07, 6.45) is 0.365. The first-order valence-electron chi connectivity index (χ1n) is 13.3. The van der Waals surface area contributed by atoms with E-state index in [0.717, 1.165) is 26.6 Å². The number of amides is 2. The summed E-state index contributed by atoms with van der Waals surface area (Å²) in [4.78, 5) is 28.8. The van der Waals surface area contributed by atoms with Crippen LogP contribution in [0.15, 0.2) is 71.6 Å². The summed E-state index contributed by atoms with van der Waals surface area (Å²) in [5, 5.41) is 3.31. The fraction of sp³-hybridized carbons (Fsp3) is 0.355. The van der Waals surface area contributed by atoms with Crippen molar-refractivity contribution in [3.8, 4) is 0 Å². The first kappa shape index (κ1) is 31.2. The molecule has 0 aromatic heterocycles. The quantitative estimate of drug-likeness (QED) is 0.309. The number of nitrogens with one attached hydrogen (secondary N) is 1. The van der Waals surface area contributed by atoms with E-state index in [-0.39, 0.29) is 23.4 Å². The predicted octanol–water partition coefficient (Wildman–Crippen LogP) is 5.79. The maximum Gasteiger partial charge on any atom is 0.264 e. The van der Waals surface area contributed by atoms with Gasteiger partial charge in [-0.3, -0.25) is 13.9 Å². The Morgan fingerprint density at radius 3 is 2.08 bits per heavy atom. The number of carbonyl (C=O) groups is 2. The highest BCUT2D eigenvalue weighted by Crippen LogP contribution is 2.27. The summed E-state index contributed by atoms with van der Waals surface area (Å²) in [7, 11) is -4.15. The van der Waals surface area contributed by atoms with Gasteiger partial charge in [0.25, 0.3) is 10.0 Å². The molecule has 0 saturated carbocycles. The molecule has 0 aliphatic carbocycles. The van der Waals surface area contributed by atoms with Crippen LogP contribution in [0.5, 0.6) is 0 Å². The molecule has 1 unspecified atom stereocenters. The third-order valence-electron chi connectivity index (χ3n) is 6.75. The number of hydrogen-bond acceptors (Lipinski definition) is 4. The SMILES string of the molecule is CCC(C(=O)NC(C)C)N(Cc1ccc(C)cc1)C(=O)CN(c1ccc(C)c(C)c1)S(=O)(=O)c1ccc(Cl)cc1. The van der Waals surface area contributed by atoms with Gasteiger partial charge in [0.1, 0.15) is 12.6 Å². The fourth-order valence-corrected chi connectivity index (χ4v) is 5.87. The third kappa shape index (κ3) is 7.64. The lowest BCUT2D eigenvalue weighted by Crippen LogP contribution is -2.53. The number of sulfonamides is 1. The number of nitrogens with zero attached hydrogens (tertiary/aromatic N) is 2. The van der Waals surface area contributed by atoms with Crippen LogP contribution in [0.1, 0.15) is 49.4 Å². The molecule has 2 amide bonds. The standard InChI is InChI=1S/C31H38ClN3O4S/c1-7-29(31(37)33-21(2)3)34(19-25-11-8-22(4)9-12-25)30(36)20-35(27-15-10-23(5)24(6)18-27)40(38,39)28-16-13-26(32)14-17-28/h8-18,21,29H,7,19-20H2,1-6H3,(H,33,37). The maximum absolute atomic E-state index is 14.1. The summed E-state index contributed by atoms with van der Waals surface area (Å²) in [6, 6.07) is 17.9. The molecule has 0 aliphatic heterocycles. The second-order valence-electron chi connectivity index (χ2n) is 10.3. The van der Waals surface area contributed by atoms with Crippen LogP contribution in [0.2, 0.25) is 5.02 Å². The van der Waals surface area contributed by atoms with E-state index in [1.54, 1.807) is 12.1 Å². The van der Waals surface area contributed by atoms with Crippen molar-refractivity contribution in [1.82, 2.24) is 10.2 Å². The summed E-state index contributed by atoms with van der Waals surface area (Å²) < 4.78 is 29.0. The van der Waals surface area contributed by atoms with Crippen molar-refractivity contribution < 1.29 is 18.0 Å². The van der Waals surface area contributed by atoms with Crippen LogP contribution >= 0.6 is 11.6 Å². The Labute approximate surface area is 243 Å². The minimum atomic E-state index is -4.15. The molecule has 0 fully saturated rings. The minimum absolute atomic E-state index is 0.0117. The van der Waals surface area contributed by atoms with E-state index >= 15 is 0 Å². The summed E-state index contributed by atoms with van der Waals surface area (Å²) in [6.45, 7) is 11.0. The Hall–Kier alpha value is -3.36. The molecular weight excluding hydrogens is 546 g/mol. The van der Waals surface area contributed by atoms with Crippen LogP contribution in [-0.2, 0) is 26.2 Å². The van der Waals surface area contributed by atoms with Crippen LogP contribution in [0.4, 0.5) is 5.69 Å². The van der Waals surface area contributed by atoms with E-state index in [4.69, 9.17) is 11.6 Å². The van der Waals surface area contributed by atoms with E-state index in [0.29, 0.717) is 17.1 Å². The van der Waals surface area contributed by atoms with Gasteiger partial charge in [0.05, 0.1) is 10.6 Å². The number of aryl methyl sites for hydroxylation is 3. The lowest BCUT2D eigenvalue weighted by Gasteiger charge is -2.33. The fourth-order valence-electron chi connectivity index (χ4n) is 4.33. The molecule has 214 valence electrons. The van der Waals surface area contributed by atoms with Crippen LogP contribution in [0, 0.1) is 20.8 Å². The van der Waals surface area contributed by atoms with Crippen LogP contribution in [0.3, 0.4) is 0 Å². The van der Waals surface area contributed by atoms with Crippen molar-refractivity contribution >= 4 is 39.1 Å². The molecule has 3 aromatic rings. The summed E-state index contributed by atoms with van der Waals surface area (Å²) in [5.41, 5.74) is 4.16. The highest BCUT2D eigenvalue weighted by molar-refractivity contribution is 7.92. The van der Waals surface area contributed by atoms with Crippen molar-refractivity contribution in [2.75, 3.05) is 10.8 Å². The van der Waals surface area contributed by atoms with Crippen LogP contribution in [-0.4, -0.2) is 43.8 Å². The average molecular weight is 584 g/mol. The zero-order chi connectivity index (χ0) is 29.6. The van der Waals surface area contributed by atoms with Gasteiger partial charge in [-0.05, 0) is 94.1 Å². The number of carbonyl (C=O) groups excluding carboxylic acids is 2. The molecule has 1 atom stereocenters. The molecule has 7 nitrogen and oxygen atoms in total. The second kappa shape index (κ2) is 13.3. The molecule has 0 heterocycles. The van der Waals surface area contributed by atoms with Crippen molar-refractivity contribution in [2.24, 2.45) is 0 Å². The van der Waals surface area contributed by atoms with Gasteiger partial charge in [0, 0.05) is 17.6 Å². The van der Waals surface area contributed by atoms with Gasteiger partial charge in [-0.1, -0.05) is 54.4 Å². The number of hydrogen-bond donors (Lipinski definition) is 1. The number of benzene rings is 3. The first-order valence-corrected chi connectivity index (χ1v) is 15.2. The monoisotopic (exact) mass is 583 g/mol. The molecule has 0 bridgehead atoms. The van der Waals surface area contributed by atoms with Gasteiger partial charge in [-0.15, -0.1) is 0 Å². The zero-order valence-electron chi connectivity index (χ0n) is 23.9. The molecule has 0 radical (unpaired) electrons. The van der Waals surface area contributed by atoms with Crippen molar-refractivity contribution in [1.29, 1.82) is 0 Å². The van der Waals surface area contributed by atoms with Gasteiger partial charge in [-0.2, -0.15) is 0 Å². The van der Waals surface area contributed by atoms with E-state index in [2.05, 4.69) is 5.32 Å². The van der Waals surface area contributed by atoms with Crippen LogP contribution < -0.4 is 9.62 Å². The summed E-state index contributed by atoms with van der Waals surface area (Å²) in [5.74, 6) is -0.765. The normalized spacial score (nSPS) is 12.2. The van der Waals surface area contributed by atoms with Crippen molar-refractivity contribution in [3.63, 3.8) is 0 Å². The van der Waals surface area contributed by atoms with E-state index in [1.165, 1.54) is 29.2 Å². The molecule has 0 aliphatic rings. The molecule has 1 N–H and O–H groups in total. The molecule has 0 spiro atoms. The van der Waals surface area contributed by atoms with Gasteiger partial charge < -0.3 is 10.2 Å². The maximum atomic E-state index is 14.1. The first-order chi connectivity index (χ1) is 18.8. The minimum Gasteiger partial charge on any atom is -0.352 e. The van der Waals surface area contributed by atoms with Gasteiger partial charge in [0.2, 0.25) is 11.8 Å². The molecule has 40 heavy (non-hydrogen) atoms. The highest BCUT2D eigenvalue weighted by Gasteiger charge is 2.34. The highest BCUT2D eigenvalue weighted by atomic mass is 35.5. The van der Waals surface area contributed by atoms with Gasteiger partial charge in [0.15, 0.2) is 0 Å². The van der Waals surface area contributed by atoms with Crippen LogP contribution in [0.25, 0.3) is 0 Å². The smallest absolute Gasteiger partial charge is 0.264 e. The largest absolute Gasteiger partial charge is 0.352 e. The number of rotatable bonds is 11. The molecular formula is C31H38ClN3O4S. The molecule has 0 saturated heterocycles. The number of anilines is 1. The Bertz CT molecular complexity index is 1440. The van der Waals surface area contributed by atoms with E-state index < -0.39 is 28.5 Å². The van der Waals surface area contributed by atoms with Gasteiger partial charge >= 0.3 is 0 Å². The zero-order valence-corrected chi connectivity index (χ0v) is 25.5. The lowest BCUT2D eigenvalue weighted by molar-refractivity contribution is -0.140. The van der Waals surface area contributed by atoms with E-state index in [9.17, 15) is 18.0 Å². The van der Waals surface area contributed by atoms with Gasteiger partial charge in [-0.25, -0.2) is 8.42 Å². The second-order valence-corrected chi connectivity index (χ2v) is 12.6. The molecule has 9 heteroatoms. The molecule has 3 rings (SSSR count). The Kier molecular flexibility index (Phi) is 10.4. The van der Waals surface area contributed by atoms with Crippen molar-refractivity contribution in [3.05, 3.63) is 94.0 Å². The number of halogens is 1. The summed E-state index contributed by atoms with van der Waals surface area (Å²) >= 11 is 6.02. The Morgan fingerprint density at radius 2 is 1.52 bits per heavy atom. The Morgan fingerprint density at radius 1 is 0.900 bits per heavy atom. The Balaban J connectivity index is 2.08. The average Bonchev–Trinajstić information content (AvgIpc) is 2.89. The van der Waals surface area contributed by atoms with Crippen molar-refractivity contribution in [2.45, 2.75) is 71.5 Å². The van der Waals surface area contributed by atoms with E-state index in [1.807, 2.05) is 71.9 Å². The topological polar surface area (TPSA) is 86.8 Å². The molecule has 3 aromatic carbocycles. The third-order valence-corrected chi connectivity index (χ3v) is 8.79. The predicted molar refractivity (Wildman–Crippen MR) is 161 cm³/mol.